The van der Waals surface area contributed by atoms with Crippen molar-refractivity contribution in [3.05, 3.63) is 112 Å². The molecular formula is C28H25Cl2N3O4. The average Bonchev–Trinajstić information content (AvgIpc) is 3.40. The predicted molar refractivity (Wildman–Crippen MR) is 142 cm³/mol. The number of rotatable bonds is 12. The lowest BCUT2D eigenvalue weighted by molar-refractivity contribution is -0.128. The van der Waals surface area contributed by atoms with Crippen molar-refractivity contribution in [3.63, 3.8) is 0 Å². The standard InChI is InChI=1S/C28H25Cl2N3O4/c29-21-7-9-23(10-8-21)37-27-11-6-20(12-24(27)30)13-26(34)25(17-36-16-19-4-2-1-3-5-19)33-28(35)14-22-15-31-18-32-22/h1-12,15,18,25H,13-14,16-17H2,(H,31,32)(H,33,35)/t25-/m0/s1. The summed E-state index contributed by atoms with van der Waals surface area (Å²) in [6.07, 6.45) is 3.20. The van der Waals surface area contributed by atoms with Gasteiger partial charge < -0.3 is 19.8 Å². The normalized spacial score (nSPS) is 11.6. The van der Waals surface area contributed by atoms with Crippen molar-refractivity contribution in [3.8, 4) is 11.5 Å². The monoisotopic (exact) mass is 537 g/mol. The molecule has 190 valence electrons. The maximum absolute atomic E-state index is 13.2. The van der Waals surface area contributed by atoms with Crippen molar-refractivity contribution in [1.29, 1.82) is 0 Å². The molecule has 0 unspecified atom stereocenters. The highest BCUT2D eigenvalue weighted by atomic mass is 35.5. The van der Waals surface area contributed by atoms with E-state index in [1.165, 1.54) is 6.33 Å². The largest absolute Gasteiger partial charge is 0.456 e. The van der Waals surface area contributed by atoms with Gasteiger partial charge in [0, 0.05) is 23.3 Å². The summed E-state index contributed by atoms with van der Waals surface area (Å²) in [7, 11) is 0. The molecule has 0 spiro atoms. The van der Waals surface area contributed by atoms with Gasteiger partial charge in [-0.3, -0.25) is 9.59 Å². The third-order valence-electron chi connectivity index (χ3n) is 5.44. The summed E-state index contributed by atoms with van der Waals surface area (Å²) in [5, 5.41) is 3.76. The quantitative estimate of drug-likeness (QED) is 0.246. The fraction of sp³-hybridized carbons (Fsp3) is 0.179. The van der Waals surface area contributed by atoms with Crippen LogP contribution in [-0.4, -0.2) is 34.3 Å². The second-order valence-corrected chi connectivity index (χ2v) is 9.18. The topological polar surface area (TPSA) is 93.3 Å². The van der Waals surface area contributed by atoms with Crippen LogP contribution >= 0.6 is 23.2 Å². The highest BCUT2D eigenvalue weighted by Gasteiger charge is 2.22. The molecule has 9 heteroatoms. The number of aromatic nitrogens is 2. The molecule has 2 N–H and O–H groups in total. The summed E-state index contributed by atoms with van der Waals surface area (Å²) in [5.41, 5.74) is 2.31. The van der Waals surface area contributed by atoms with Crippen molar-refractivity contribution in [2.24, 2.45) is 0 Å². The van der Waals surface area contributed by atoms with Gasteiger partial charge in [0.25, 0.3) is 0 Å². The molecule has 0 saturated heterocycles. The molecule has 0 aliphatic heterocycles. The predicted octanol–water partition coefficient (Wildman–Crippen LogP) is 5.56. The molecule has 0 aliphatic rings. The highest BCUT2D eigenvalue weighted by molar-refractivity contribution is 6.32. The molecule has 4 aromatic rings. The zero-order valence-electron chi connectivity index (χ0n) is 19.8. The number of hydrogen-bond donors (Lipinski definition) is 2. The van der Waals surface area contributed by atoms with Gasteiger partial charge in [-0.1, -0.05) is 59.6 Å². The Bertz CT molecular complexity index is 1310. The van der Waals surface area contributed by atoms with Crippen LogP contribution in [0.25, 0.3) is 0 Å². The minimum absolute atomic E-state index is 0.0357. The number of nitrogens with one attached hydrogen (secondary N) is 2. The van der Waals surface area contributed by atoms with Gasteiger partial charge in [0.1, 0.15) is 17.5 Å². The maximum atomic E-state index is 13.2. The lowest BCUT2D eigenvalue weighted by Gasteiger charge is -2.18. The number of ketones is 1. The minimum atomic E-state index is -0.831. The Morgan fingerprint density at radius 2 is 1.73 bits per heavy atom. The van der Waals surface area contributed by atoms with Crippen LogP contribution in [0.5, 0.6) is 11.5 Å². The summed E-state index contributed by atoms with van der Waals surface area (Å²) in [6, 6.07) is 20.9. The number of carbonyl (C=O) groups is 2. The molecule has 1 heterocycles. The highest BCUT2D eigenvalue weighted by Crippen LogP contribution is 2.31. The summed E-state index contributed by atoms with van der Waals surface area (Å²) in [6.45, 7) is 0.359. The van der Waals surface area contributed by atoms with E-state index in [4.69, 9.17) is 32.7 Å². The maximum Gasteiger partial charge on any atom is 0.226 e. The van der Waals surface area contributed by atoms with Gasteiger partial charge in [-0.2, -0.15) is 0 Å². The van der Waals surface area contributed by atoms with Gasteiger partial charge in [0.15, 0.2) is 5.78 Å². The average molecular weight is 538 g/mol. The smallest absolute Gasteiger partial charge is 0.226 e. The lowest BCUT2D eigenvalue weighted by atomic mass is 10.0. The number of hydrogen-bond acceptors (Lipinski definition) is 5. The van der Waals surface area contributed by atoms with Crippen LogP contribution in [-0.2, 0) is 33.8 Å². The molecular weight excluding hydrogens is 513 g/mol. The fourth-order valence-corrected chi connectivity index (χ4v) is 3.94. The number of aromatic amines is 1. The number of halogens is 2. The Labute approximate surface area is 224 Å². The first-order valence-corrected chi connectivity index (χ1v) is 12.3. The Kier molecular flexibility index (Phi) is 9.32. The summed E-state index contributed by atoms with van der Waals surface area (Å²) in [5.74, 6) is 0.533. The molecule has 3 aromatic carbocycles. The second kappa shape index (κ2) is 13.1. The molecule has 0 fully saturated rings. The number of nitrogens with zero attached hydrogens (tertiary/aromatic N) is 1. The van der Waals surface area contributed by atoms with Crippen LogP contribution in [0.4, 0.5) is 0 Å². The number of H-pyrrole nitrogens is 1. The van der Waals surface area contributed by atoms with Crippen molar-refractivity contribution >= 4 is 34.9 Å². The van der Waals surface area contributed by atoms with Crippen LogP contribution in [0.3, 0.4) is 0 Å². The van der Waals surface area contributed by atoms with E-state index in [2.05, 4.69) is 15.3 Å². The first-order valence-electron chi connectivity index (χ1n) is 11.6. The Morgan fingerprint density at radius 1 is 0.946 bits per heavy atom. The van der Waals surface area contributed by atoms with Crippen molar-refractivity contribution in [2.45, 2.75) is 25.5 Å². The molecule has 1 amide bonds. The number of Topliss-reactive ketones (excluding diaryl/α,β-unsaturated/α-hetero) is 1. The summed E-state index contributed by atoms with van der Waals surface area (Å²) < 4.78 is 11.6. The van der Waals surface area contributed by atoms with E-state index in [0.29, 0.717) is 39.4 Å². The second-order valence-electron chi connectivity index (χ2n) is 8.34. The van der Waals surface area contributed by atoms with E-state index in [9.17, 15) is 9.59 Å². The number of benzene rings is 3. The molecule has 0 aliphatic carbocycles. The van der Waals surface area contributed by atoms with Crippen molar-refractivity contribution < 1.29 is 19.1 Å². The van der Waals surface area contributed by atoms with Crippen molar-refractivity contribution in [1.82, 2.24) is 15.3 Å². The fourth-order valence-electron chi connectivity index (χ4n) is 3.57. The molecule has 0 bridgehead atoms. The zero-order valence-corrected chi connectivity index (χ0v) is 21.3. The zero-order chi connectivity index (χ0) is 26.0. The van der Waals surface area contributed by atoms with Crippen LogP contribution in [0.1, 0.15) is 16.8 Å². The summed E-state index contributed by atoms with van der Waals surface area (Å²) >= 11 is 12.3. The van der Waals surface area contributed by atoms with Gasteiger partial charge in [-0.05, 0) is 47.5 Å². The molecule has 0 saturated carbocycles. The lowest BCUT2D eigenvalue weighted by Crippen LogP contribution is -2.45. The molecule has 1 atom stereocenters. The molecule has 37 heavy (non-hydrogen) atoms. The van der Waals surface area contributed by atoms with E-state index in [1.807, 2.05) is 30.3 Å². The number of amides is 1. The third kappa shape index (κ3) is 8.18. The van der Waals surface area contributed by atoms with Crippen LogP contribution < -0.4 is 10.1 Å². The Morgan fingerprint density at radius 3 is 2.43 bits per heavy atom. The first kappa shape index (κ1) is 26.4. The molecule has 0 radical (unpaired) electrons. The van der Waals surface area contributed by atoms with E-state index in [0.717, 1.165) is 5.56 Å². The van der Waals surface area contributed by atoms with Gasteiger partial charge in [-0.25, -0.2) is 4.98 Å². The van der Waals surface area contributed by atoms with Crippen LogP contribution in [0, 0.1) is 0 Å². The third-order valence-corrected chi connectivity index (χ3v) is 5.99. The van der Waals surface area contributed by atoms with Crippen molar-refractivity contribution in [2.75, 3.05) is 6.61 Å². The van der Waals surface area contributed by atoms with Gasteiger partial charge >= 0.3 is 0 Å². The van der Waals surface area contributed by atoms with E-state index in [1.54, 1.807) is 48.7 Å². The molecule has 7 nitrogen and oxygen atoms in total. The van der Waals surface area contributed by atoms with Gasteiger partial charge in [-0.15, -0.1) is 0 Å². The number of carbonyl (C=O) groups excluding carboxylic acids is 2. The molecule has 4 rings (SSSR count). The van der Waals surface area contributed by atoms with E-state index >= 15 is 0 Å². The van der Waals surface area contributed by atoms with Crippen LogP contribution in [0.2, 0.25) is 10.0 Å². The molecule has 1 aromatic heterocycles. The first-order chi connectivity index (χ1) is 18.0. The Balaban J connectivity index is 1.40. The minimum Gasteiger partial charge on any atom is -0.456 e. The Hall–Kier alpha value is -3.65. The summed E-state index contributed by atoms with van der Waals surface area (Å²) in [4.78, 5) is 32.6. The van der Waals surface area contributed by atoms with Crippen LogP contribution in [0.15, 0.2) is 85.3 Å². The van der Waals surface area contributed by atoms with Gasteiger partial charge in [0.05, 0.1) is 31.0 Å². The van der Waals surface area contributed by atoms with Gasteiger partial charge in [0.2, 0.25) is 5.91 Å². The SMILES string of the molecule is O=C(Cc1cnc[nH]1)N[C@@H](COCc1ccccc1)C(=O)Cc1ccc(Oc2ccc(Cl)cc2)c(Cl)c1. The number of imidazole rings is 1. The van der Waals surface area contributed by atoms with E-state index < -0.39 is 6.04 Å². The number of ether oxygens (including phenoxy) is 2. The van der Waals surface area contributed by atoms with E-state index in [-0.39, 0.29) is 31.1 Å².